The normalized spacial score (nSPS) is 18.5. The van der Waals surface area contributed by atoms with Gasteiger partial charge in [-0.25, -0.2) is 0 Å². The summed E-state index contributed by atoms with van der Waals surface area (Å²) in [6.45, 7) is 3.05. The molecule has 3 nitrogen and oxygen atoms in total. The van der Waals surface area contributed by atoms with Crippen LogP contribution in [0.2, 0.25) is 0 Å². The first-order valence-corrected chi connectivity index (χ1v) is 4.09. The number of rotatable bonds is 1. The summed E-state index contributed by atoms with van der Waals surface area (Å²) in [6.07, 6.45) is 4.93. The summed E-state index contributed by atoms with van der Waals surface area (Å²) in [5.41, 5.74) is 0. The quantitative estimate of drug-likeness (QED) is 0.541. The van der Waals surface area contributed by atoms with Crippen LogP contribution in [0.15, 0.2) is 12.2 Å². The molecule has 0 aliphatic carbocycles. The van der Waals surface area contributed by atoms with E-state index >= 15 is 0 Å². The molecule has 0 N–H and O–H groups in total. The van der Waals surface area contributed by atoms with Gasteiger partial charge in [0, 0.05) is 13.1 Å². The Morgan fingerprint density at radius 3 is 2.92 bits per heavy atom. The van der Waals surface area contributed by atoms with E-state index in [4.69, 9.17) is 5.26 Å². The van der Waals surface area contributed by atoms with Crippen molar-refractivity contribution < 1.29 is 4.79 Å². The second-order valence-corrected chi connectivity index (χ2v) is 2.90. The molecule has 0 fully saturated rings. The maximum Gasteiger partial charge on any atom is 0.239 e. The summed E-state index contributed by atoms with van der Waals surface area (Å²) in [5, 5.41) is 8.52. The zero-order chi connectivity index (χ0) is 8.97. The average Bonchev–Trinajstić information content (AvgIpc) is 2.17. The van der Waals surface area contributed by atoms with Gasteiger partial charge in [-0.05, 0) is 13.3 Å². The first kappa shape index (κ1) is 8.79. The van der Waals surface area contributed by atoms with E-state index in [1.54, 1.807) is 11.8 Å². The summed E-state index contributed by atoms with van der Waals surface area (Å²) >= 11 is 0. The minimum atomic E-state index is -0.503. The van der Waals surface area contributed by atoms with Crippen molar-refractivity contribution in [1.82, 2.24) is 4.90 Å². The Balaban J connectivity index is 2.53. The van der Waals surface area contributed by atoms with Crippen LogP contribution in [0.25, 0.3) is 0 Å². The number of nitrogens with zero attached hydrogens (tertiary/aromatic N) is 2. The molecule has 3 heteroatoms. The Morgan fingerprint density at radius 2 is 2.42 bits per heavy atom. The monoisotopic (exact) mass is 164 g/mol. The van der Waals surface area contributed by atoms with E-state index in [-0.39, 0.29) is 5.91 Å². The van der Waals surface area contributed by atoms with Gasteiger partial charge in [0.15, 0.2) is 0 Å². The van der Waals surface area contributed by atoms with E-state index in [0.717, 1.165) is 13.0 Å². The fourth-order valence-corrected chi connectivity index (χ4v) is 1.17. The van der Waals surface area contributed by atoms with Crippen LogP contribution < -0.4 is 0 Å². The van der Waals surface area contributed by atoms with Crippen LogP contribution in [0.4, 0.5) is 0 Å². The predicted octanol–water partition coefficient (Wildman–Crippen LogP) is 0.935. The third-order valence-corrected chi connectivity index (χ3v) is 1.93. The zero-order valence-electron chi connectivity index (χ0n) is 7.16. The largest absolute Gasteiger partial charge is 0.338 e. The van der Waals surface area contributed by atoms with Crippen LogP contribution in [0.5, 0.6) is 0 Å². The van der Waals surface area contributed by atoms with Gasteiger partial charge in [-0.15, -0.1) is 0 Å². The lowest BCUT2D eigenvalue weighted by molar-refractivity contribution is -0.132. The molecular weight excluding hydrogens is 152 g/mol. The van der Waals surface area contributed by atoms with Gasteiger partial charge in [-0.1, -0.05) is 12.2 Å². The number of carbonyl (C=O) groups excluding carboxylic acids is 1. The lowest BCUT2D eigenvalue weighted by atomic mass is 10.1. The van der Waals surface area contributed by atoms with Gasteiger partial charge in [0.1, 0.15) is 5.92 Å². The van der Waals surface area contributed by atoms with Crippen LogP contribution in [-0.4, -0.2) is 23.9 Å². The number of hydrogen-bond donors (Lipinski definition) is 0. The van der Waals surface area contributed by atoms with E-state index in [0.29, 0.717) is 6.54 Å². The molecule has 0 aromatic heterocycles. The van der Waals surface area contributed by atoms with Gasteiger partial charge in [-0.2, -0.15) is 5.26 Å². The Bertz CT molecular complexity index is 239. The summed E-state index contributed by atoms with van der Waals surface area (Å²) in [5.74, 6) is -0.557. The Labute approximate surface area is 72.3 Å². The van der Waals surface area contributed by atoms with Crippen LogP contribution in [0.3, 0.4) is 0 Å². The molecule has 1 aliphatic rings. The van der Waals surface area contributed by atoms with Crippen molar-refractivity contribution in [3.63, 3.8) is 0 Å². The van der Waals surface area contributed by atoms with Gasteiger partial charge in [0.2, 0.25) is 5.91 Å². The van der Waals surface area contributed by atoms with Gasteiger partial charge < -0.3 is 4.90 Å². The summed E-state index contributed by atoms with van der Waals surface area (Å²) < 4.78 is 0. The standard InChI is InChI=1S/C9H12N2O/c1-8(7-10)9(12)11-5-3-2-4-6-11/h2-3,8H,4-6H2,1H3. The third kappa shape index (κ3) is 1.85. The van der Waals surface area contributed by atoms with Crippen molar-refractivity contribution in [3.8, 4) is 6.07 Å². The molecule has 0 aromatic rings. The second-order valence-electron chi connectivity index (χ2n) is 2.90. The predicted molar refractivity (Wildman–Crippen MR) is 45.1 cm³/mol. The highest BCUT2D eigenvalue weighted by atomic mass is 16.2. The molecule has 0 saturated heterocycles. The molecule has 0 spiro atoms. The van der Waals surface area contributed by atoms with Crippen LogP contribution in [0, 0.1) is 17.2 Å². The van der Waals surface area contributed by atoms with E-state index in [2.05, 4.69) is 6.08 Å². The molecule has 0 saturated carbocycles. The van der Waals surface area contributed by atoms with Crippen molar-refractivity contribution in [2.45, 2.75) is 13.3 Å². The van der Waals surface area contributed by atoms with E-state index in [1.165, 1.54) is 0 Å². The number of carbonyl (C=O) groups is 1. The number of amides is 1. The van der Waals surface area contributed by atoms with Crippen molar-refractivity contribution in [2.75, 3.05) is 13.1 Å². The highest BCUT2D eigenvalue weighted by molar-refractivity contribution is 5.81. The molecular formula is C9H12N2O. The van der Waals surface area contributed by atoms with Crippen molar-refractivity contribution in [2.24, 2.45) is 5.92 Å². The van der Waals surface area contributed by atoms with Gasteiger partial charge >= 0.3 is 0 Å². The fourth-order valence-electron chi connectivity index (χ4n) is 1.17. The van der Waals surface area contributed by atoms with Crippen molar-refractivity contribution >= 4 is 5.91 Å². The fraction of sp³-hybridized carbons (Fsp3) is 0.556. The minimum Gasteiger partial charge on any atom is -0.338 e. The molecule has 64 valence electrons. The smallest absolute Gasteiger partial charge is 0.239 e. The molecule has 1 unspecified atom stereocenters. The Morgan fingerprint density at radius 1 is 1.67 bits per heavy atom. The zero-order valence-corrected chi connectivity index (χ0v) is 7.16. The number of hydrogen-bond acceptors (Lipinski definition) is 2. The van der Waals surface area contributed by atoms with Crippen molar-refractivity contribution in [3.05, 3.63) is 12.2 Å². The second kappa shape index (κ2) is 3.91. The maximum atomic E-state index is 11.4. The van der Waals surface area contributed by atoms with Gasteiger partial charge in [-0.3, -0.25) is 4.79 Å². The molecule has 12 heavy (non-hydrogen) atoms. The van der Waals surface area contributed by atoms with E-state index in [1.807, 2.05) is 12.1 Å². The molecule has 0 aromatic carbocycles. The first-order valence-electron chi connectivity index (χ1n) is 4.09. The summed E-state index contributed by atoms with van der Waals surface area (Å²) in [6, 6.07) is 1.95. The molecule has 0 radical (unpaired) electrons. The minimum absolute atomic E-state index is 0.0538. The van der Waals surface area contributed by atoms with Crippen LogP contribution in [0.1, 0.15) is 13.3 Å². The van der Waals surface area contributed by atoms with E-state index in [9.17, 15) is 4.79 Å². The highest BCUT2D eigenvalue weighted by Gasteiger charge is 2.19. The molecule has 1 aliphatic heterocycles. The third-order valence-electron chi connectivity index (χ3n) is 1.93. The Hall–Kier alpha value is -1.30. The first-order chi connectivity index (χ1) is 5.75. The SMILES string of the molecule is CC(C#N)C(=O)N1CC=CCC1. The highest BCUT2D eigenvalue weighted by Crippen LogP contribution is 2.06. The van der Waals surface area contributed by atoms with Crippen LogP contribution in [-0.2, 0) is 4.79 Å². The van der Waals surface area contributed by atoms with E-state index < -0.39 is 5.92 Å². The molecule has 1 amide bonds. The van der Waals surface area contributed by atoms with Crippen LogP contribution >= 0.6 is 0 Å². The number of nitriles is 1. The van der Waals surface area contributed by atoms with Gasteiger partial charge in [0.25, 0.3) is 0 Å². The topological polar surface area (TPSA) is 44.1 Å². The summed E-state index contributed by atoms with van der Waals surface area (Å²) in [7, 11) is 0. The Kier molecular flexibility index (Phi) is 2.87. The maximum absolute atomic E-state index is 11.4. The lowest BCUT2D eigenvalue weighted by Crippen LogP contribution is -2.36. The summed E-state index contributed by atoms with van der Waals surface area (Å²) in [4.78, 5) is 13.1. The molecule has 0 bridgehead atoms. The van der Waals surface area contributed by atoms with Gasteiger partial charge in [0.05, 0.1) is 6.07 Å². The molecule has 1 atom stereocenters. The average molecular weight is 164 g/mol. The molecule has 1 heterocycles. The lowest BCUT2D eigenvalue weighted by Gasteiger charge is -2.24. The van der Waals surface area contributed by atoms with Crippen molar-refractivity contribution in [1.29, 1.82) is 5.26 Å². The molecule has 1 rings (SSSR count).